The molecular formula is C33H55Cl3N6O6S2. The molecule has 5 N–H and O–H groups in total. The maximum absolute atomic E-state index is 11.7. The largest absolute Gasteiger partial charge is 0.481 e. The van der Waals surface area contributed by atoms with Crippen molar-refractivity contribution in [2.24, 2.45) is 21.0 Å². The lowest BCUT2D eigenvalue weighted by atomic mass is 10.1. The van der Waals surface area contributed by atoms with E-state index in [9.17, 15) is 19.2 Å². The Morgan fingerprint density at radius 1 is 0.880 bits per heavy atom. The molecule has 1 fully saturated rings. The number of carboxylic acids is 1. The molecule has 2 heterocycles. The average molecular weight is 802 g/mol. The van der Waals surface area contributed by atoms with E-state index in [-0.39, 0.29) is 17.4 Å². The second kappa shape index (κ2) is 33.9. The molecule has 0 bridgehead atoms. The van der Waals surface area contributed by atoms with Crippen LogP contribution in [0.2, 0.25) is 0 Å². The van der Waals surface area contributed by atoms with Crippen LogP contribution in [0, 0.1) is 0 Å². The van der Waals surface area contributed by atoms with E-state index < -0.39 is 27.5 Å². The molecule has 1 saturated heterocycles. The lowest BCUT2D eigenvalue weighted by Crippen LogP contribution is -2.26. The summed E-state index contributed by atoms with van der Waals surface area (Å²) in [6.45, 7) is 8.76. The minimum atomic E-state index is -0.984. The predicted molar refractivity (Wildman–Crippen MR) is 212 cm³/mol. The number of carboxylic acid groups (broad SMARTS) is 1. The Hall–Kier alpha value is -2.26. The van der Waals surface area contributed by atoms with Crippen LogP contribution in [-0.4, -0.2) is 60.2 Å². The first-order valence-electron chi connectivity index (χ1n) is 17.1. The number of hydrazone groups is 1. The Morgan fingerprint density at radius 2 is 1.30 bits per heavy atom. The summed E-state index contributed by atoms with van der Waals surface area (Å²) in [5.41, 5.74) is 10.3. The molecule has 286 valence electrons. The van der Waals surface area contributed by atoms with Gasteiger partial charge in [0, 0.05) is 23.6 Å². The lowest BCUT2D eigenvalue weighted by molar-refractivity contribution is -0.150. The molecule has 17 heteroatoms. The lowest BCUT2D eigenvalue weighted by Gasteiger charge is -2.06. The van der Waals surface area contributed by atoms with Crippen molar-refractivity contribution >= 4 is 104 Å². The number of hydrogen-bond donors (Lipinski definition) is 4. The van der Waals surface area contributed by atoms with E-state index >= 15 is 0 Å². The monoisotopic (exact) mass is 800 g/mol. The van der Waals surface area contributed by atoms with E-state index in [1.54, 1.807) is 0 Å². The minimum absolute atomic E-state index is 0.195. The van der Waals surface area contributed by atoms with Gasteiger partial charge in [-0.25, -0.2) is 9.59 Å². The number of amides is 1. The number of aliphatic carboxylic acids is 1. The molecule has 1 atom stereocenters. The van der Waals surface area contributed by atoms with Gasteiger partial charge in [0.1, 0.15) is 5.25 Å². The molecule has 0 spiro atoms. The van der Waals surface area contributed by atoms with E-state index in [4.69, 9.17) is 57.9 Å². The first-order chi connectivity index (χ1) is 23.8. The van der Waals surface area contributed by atoms with E-state index in [1.165, 1.54) is 69.9 Å². The molecule has 0 aromatic carbocycles. The molecule has 2 aliphatic rings. The van der Waals surface area contributed by atoms with Crippen molar-refractivity contribution in [3.8, 4) is 0 Å². The zero-order valence-corrected chi connectivity index (χ0v) is 33.6. The quantitative estimate of drug-likeness (QED) is 0.0177. The van der Waals surface area contributed by atoms with Gasteiger partial charge >= 0.3 is 17.9 Å². The number of thioether (sulfide) groups is 1. The van der Waals surface area contributed by atoms with Crippen LogP contribution in [0.25, 0.3) is 0 Å². The highest BCUT2D eigenvalue weighted by Crippen LogP contribution is 2.22. The number of nitrogens with two attached hydrogens (primary N) is 1. The van der Waals surface area contributed by atoms with Gasteiger partial charge in [-0.3, -0.25) is 15.0 Å². The number of ether oxygens (including phenoxy) is 1. The topological polar surface area (TPSA) is 185 Å². The highest BCUT2D eigenvalue weighted by molar-refractivity contribution is 8.15. The molecule has 2 rings (SSSR count). The van der Waals surface area contributed by atoms with Gasteiger partial charge in [-0.1, -0.05) is 126 Å². The Morgan fingerprint density at radius 3 is 1.64 bits per heavy atom. The molecule has 0 radical (unpaired) electrons. The zero-order valence-electron chi connectivity index (χ0n) is 29.7. The number of nitrogens with one attached hydrogen (secondary N) is 2. The van der Waals surface area contributed by atoms with Crippen molar-refractivity contribution < 1.29 is 29.0 Å². The predicted octanol–water partition coefficient (Wildman–Crippen LogP) is 8.51. The summed E-state index contributed by atoms with van der Waals surface area (Å²) in [5, 5.41) is 24.2. The number of unbranched alkanes of at least 4 members (excludes halogenated alkanes) is 8. The maximum atomic E-state index is 11.7. The molecule has 1 amide bonds. The van der Waals surface area contributed by atoms with Gasteiger partial charge in [0.25, 0.3) is 0 Å². The van der Waals surface area contributed by atoms with Gasteiger partial charge in [0.15, 0.2) is 14.6 Å². The number of cyclic esters (lactones) is 2. The zero-order chi connectivity index (χ0) is 38.2. The number of carbonyl (C=O) groups excluding carboxylic acids is 3. The standard InChI is InChI=1S/C16H27N3O3S.C12H25N3S.C4H2O3.CHCl3/c1-3-5-7-9-12(10-8-6-4-2)18-19-16-17-15(22)13(23-16)11-14(20)21;1-3-5-7-9-11(10-8-6-4-2)14-15-12(13)16;5-3-1-2-4(6)7-3;2-1(3)4/h13H,3-11H2,1-2H3,(H,20,21)(H,17,19,22);3-10H2,1-2H3,(H3,13,15,16);1-2H;1H. The summed E-state index contributed by atoms with van der Waals surface area (Å²) in [4.78, 5) is 42.2. The molecule has 0 saturated carbocycles. The first-order valence-corrected chi connectivity index (χ1v) is 19.7. The van der Waals surface area contributed by atoms with Crippen LogP contribution >= 0.6 is 58.8 Å². The molecule has 12 nitrogen and oxygen atoms in total. The summed E-state index contributed by atoms with van der Waals surface area (Å²) in [7, 11) is 0. The number of thiocarbonyl (C=S) groups is 1. The van der Waals surface area contributed by atoms with Crippen molar-refractivity contribution in [3.63, 3.8) is 0 Å². The molecular weight excluding hydrogens is 747 g/mol. The van der Waals surface area contributed by atoms with E-state index in [0.29, 0.717) is 5.17 Å². The highest BCUT2D eigenvalue weighted by Gasteiger charge is 2.32. The molecule has 0 aliphatic carbocycles. The van der Waals surface area contributed by atoms with Crippen LogP contribution < -0.4 is 16.5 Å². The molecule has 2 aliphatic heterocycles. The van der Waals surface area contributed by atoms with Crippen molar-refractivity contribution in [2.75, 3.05) is 0 Å². The van der Waals surface area contributed by atoms with E-state index in [0.717, 1.165) is 68.2 Å². The maximum Gasteiger partial charge on any atom is 0.338 e. The average Bonchev–Trinajstić information content (AvgIpc) is 3.60. The SMILES string of the molecule is CCCCCC(CCCCC)=N/N=C1\NC(=O)C(CC(=O)O)S1.CCCCCC(CCCCC)=NNC(N)=S.ClC(Cl)Cl.O=C1C=CC(=O)O1. The van der Waals surface area contributed by atoms with Gasteiger partial charge in [0.05, 0.1) is 6.42 Å². The summed E-state index contributed by atoms with van der Waals surface area (Å²) >= 11 is 20.3. The first kappa shape index (κ1) is 49.9. The fraction of sp³-hybridized carbons (Fsp3) is 0.697. The van der Waals surface area contributed by atoms with Crippen LogP contribution in [0.3, 0.4) is 0 Å². The number of hydrogen-bond acceptors (Lipinski definition) is 10. The van der Waals surface area contributed by atoms with Crippen molar-refractivity contribution in [1.29, 1.82) is 0 Å². The summed E-state index contributed by atoms with van der Waals surface area (Å²) in [6, 6.07) is 0. The van der Waals surface area contributed by atoms with Crippen LogP contribution in [0.15, 0.2) is 27.5 Å². The third-order valence-electron chi connectivity index (χ3n) is 6.58. The summed E-state index contributed by atoms with van der Waals surface area (Å²) in [6.07, 6.45) is 20.3. The van der Waals surface area contributed by atoms with Gasteiger partial charge < -0.3 is 20.9 Å². The number of rotatable bonds is 20. The molecule has 0 aromatic heterocycles. The number of amidine groups is 1. The third-order valence-corrected chi connectivity index (χ3v) is 7.74. The van der Waals surface area contributed by atoms with Gasteiger partial charge in [-0.2, -0.15) is 10.2 Å². The minimum Gasteiger partial charge on any atom is -0.481 e. The van der Waals surface area contributed by atoms with Gasteiger partial charge in [-0.15, -0.1) is 5.10 Å². The third kappa shape index (κ3) is 32.9. The Labute approximate surface area is 322 Å². The van der Waals surface area contributed by atoms with Crippen molar-refractivity contribution in [1.82, 2.24) is 10.7 Å². The second-order valence-corrected chi connectivity index (χ2v) is 14.7. The number of halogens is 3. The summed E-state index contributed by atoms with van der Waals surface area (Å²) in [5.74, 6) is -2.44. The second-order valence-electron chi connectivity index (χ2n) is 11.1. The number of esters is 2. The number of nitrogens with zero attached hydrogens (tertiary/aromatic N) is 3. The molecule has 50 heavy (non-hydrogen) atoms. The number of carbonyl (C=O) groups is 4. The van der Waals surface area contributed by atoms with Crippen molar-refractivity contribution in [2.45, 2.75) is 146 Å². The highest BCUT2D eigenvalue weighted by atomic mass is 35.6. The summed E-state index contributed by atoms with van der Waals surface area (Å²) < 4.78 is 3.22. The Kier molecular flexibility index (Phi) is 33.8. The van der Waals surface area contributed by atoms with Crippen LogP contribution in [0.1, 0.15) is 137 Å². The van der Waals surface area contributed by atoms with Crippen LogP contribution in [-0.2, 0) is 23.9 Å². The fourth-order valence-electron chi connectivity index (χ4n) is 4.08. The smallest absolute Gasteiger partial charge is 0.338 e. The Balaban J connectivity index is 0. The van der Waals surface area contributed by atoms with E-state index in [2.05, 4.69) is 58.5 Å². The molecule has 0 aromatic rings. The molecule has 1 unspecified atom stereocenters. The van der Waals surface area contributed by atoms with Crippen LogP contribution in [0.5, 0.6) is 0 Å². The fourth-order valence-corrected chi connectivity index (χ4v) is 5.03. The van der Waals surface area contributed by atoms with Crippen molar-refractivity contribution in [3.05, 3.63) is 12.2 Å². The normalized spacial score (nSPS) is 15.1. The van der Waals surface area contributed by atoms with E-state index in [1.807, 2.05) is 0 Å². The van der Waals surface area contributed by atoms with Gasteiger partial charge in [0.2, 0.25) is 5.91 Å². The van der Waals surface area contributed by atoms with Gasteiger partial charge in [-0.05, 0) is 63.6 Å². The Bertz CT molecular complexity index is 1100. The van der Waals surface area contributed by atoms with Crippen LogP contribution in [0.4, 0.5) is 0 Å². The number of alkyl halides is 3.